The lowest BCUT2D eigenvalue weighted by Crippen LogP contribution is -2.18. The lowest BCUT2D eigenvalue weighted by molar-refractivity contribution is 0.0615. The number of aliphatic hydroxyl groups is 1. The highest BCUT2D eigenvalue weighted by molar-refractivity contribution is 5.43. The van der Waals surface area contributed by atoms with Crippen molar-refractivity contribution in [3.05, 3.63) is 23.9 Å². The Kier molecular flexibility index (Phi) is 4.11. The quantitative estimate of drug-likeness (QED) is 0.795. The molecule has 2 aromatic rings. The van der Waals surface area contributed by atoms with E-state index >= 15 is 0 Å². The molecular formula is C12H18N4O2. The normalized spacial score (nSPS) is 12.8. The van der Waals surface area contributed by atoms with Crippen molar-refractivity contribution in [1.29, 1.82) is 0 Å². The summed E-state index contributed by atoms with van der Waals surface area (Å²) in [5, 5.41) is 16.9. The van der Waals surface area contributed by atoms with E-state index in [1.807, 2.05) is 25.3 Å². The fourth-order valence-electron chi connectivity index (χ4n) is 1.69. The van der Waals surface area contributed by atoms with Gasteiger partial charge in [0, 0.05) is 19.9 Å². The Bertz CT molecular complexity index is 512. The molecule has 0 saturated heterocycles. The Balaban J connectivity index is 1.92. The maximum atomic E-state index is 9.49. The third kappa shape index (κ3) is 3.18. The monoisotopic (exact) mass is 250 g/mol. The topological polar surface area (TPSA) is 71.7 Å². The zero-order chi connectivity index (χ0) is 13.0. The van der Waals surface area contributed by atoms with Gasteiger partial charge in [0.15, 0.2) is 5.65 Å². The van der Waals surface area contributed by atoms with E-state index in [0.29, 0.717) is 25.5 Å². The molecule has 0 aliphatic heterocycles. The molecule has 0 aliphatic carbocycles. The van der Waals surface area contributed by atoms with Gasteiger partial charge in [0.05, 0.1) is 12.7 Å². The highest BCUT2D eigenvalue weighted by atomic mass is 16.5. The van der Waals surface area contributed by atoms with Crippen LogP contribution < -0.4 is 5.32 Å². The molecule has 1 unspecified atom stereocenters. The standard InChI is InChI=1S/C12H18N4O2/c1-9-3-4-11-14-12(15-16(11)7-9)13-6-5-10(17)8-18-2/h3-4,7,10,17H,5-6,8H2,1-2H3,(H,13,15). The first-order chi connectivity index (χ1) is 8.69. The lowest BCUT2D eigenvalue weighted by atomic mass is 10.3. The summed E-state index contributed by atoms with van der Waals surface area (Å²) >= 11 is 0. The van der Waals surface area contributed by atoms with Gasteiger partial charge in [-0.3, -0.25) is 0 Å². The molecular weight excluding hydrogens is 232 g/mol. The van der Waals surface area contributed by atoms with Crippen molar-refractivity contribution in [3.63, 3.8) is 0 Å². The summed E-state index contributed by atoms with van der Waals surface area (Å²) in [6.07, 6.45) is 2.07. The average Bonchev–Trinajstić information content (AvgIpc) is 2.71. The molecule has 0 radical (unpaired) electrons. The van der Waals surface area contributed by atoms with Crippen molar-refractivity contribution in [3.8, 4) is 0 Å². The fraction of sp³-hybridized carbons (Fsp3) is 0.500. The van der Waals surface area contributed by atoms with E-state index in [0.717, 1.165) is 11.2 Å². The Morgan fingerprint density at radius 3 is 3.11 bits per heavy atom. The van der Waals surface area contributed by atoms with Gasteiger partial charge in [0.25, 0.3) is 0 Å². The van der Waals surface area contributed by atoms with E-state index in [1.165, 1.54) is 0 Å². The number of aliphatic hydroxyl groups excluding tert-OH is 1. The van der Waals surface area contributed by atoms with E-state index < -0.39 is 6.10 Å². The minimum absolute atomic E-state index is 0.347. The first-order valence-corrected chi connectivity index (χ1v) is 5.93. The summed E-state index contributed by atoms with van der Waals surface area (Å²) in [6, 6.07) is 3.92. The molecule has 18 heavy (non-hydrogen) atoms. The van der Waals surface area contributed by atoms with Crippen molar-refractivity contribution in [1.82, 2.24) is 14.6 Å². The molecule has 2 aromatic heterocycles. The number of nitrogens with zero attached hydrogens (tertiary/aromatic N) is 3. The Morgan fingerprint density at radius 1 is 1.50 bits per heavy atom. The largest absolute Gasteiger partial charge is 0.391 e. The summed E-state index contributed by atoms with van der Waals surface area (Å²) in [6.45, 7) is 2.97. The van der Waals surface area contributed by atoms with Gasteiger partial charge in [-0.15, -0.1) is 5.10 Å². The van der Waals surface area contributed by atoms with Crippen molar-refractivity contribution in [2.75, 3.05) is 25.6 Å². The summed E-state index contributed by atoms with van der Waals surface area (Å²) in [5.41, 5.74) is 1.94. The average molecular weight is 250 g/mol. The zero-order valence-electron chi connectivity index (χ0n) is 10.6. The van der Waals surface area contributed by atoms with Gasteiger partial charge in [0.2, 0.25) is 5.95 Å². The van der Waals surface area contributed by atoms with Crippen LogP contribution in [0.15, 0.2) is 18.3 Å². The van der Waals surface area contributed by atoms with E-state index in [1.54, 1.807) is 11.6 Å². The smallest absolute Gasteiger partial charge is 0.243 e. The molecule has 6 heteroatoms. The molecule has 2 rings (SSSR count). The number of anilines is 1. The number of pyridine rings is 1. The number of fused-ring (bicyclic) bond motifs is 1. The maximum absolute atomic E-state index is 9.49. The van der Waals surface area contributed by atoms with Gasteiger partial charge >= 0.3 is 0 Å². The van der Waals surface area contributed by atoms with Gasteiger partial charge < -0.3 is 15.2 Å². The van der Waals surface area contributed by atoms with Gasteiger partial charge in [-0.2, -0.15) is 4.98 Å². The van der Waals surface area contributed by atoms with Crippen molar-refractivity contribution in [2.24, 2.45) is 0 Å². The molecule has 2 N–H and O–H groups in total. The van der Waals surface area contributed by atoms with Crippen molar-refractivity contribution < 1.29 is 9.84 Å². The summed E-state index contributed by atoms with van der Waals surface area (Å²) < 4.78 is 6.59. The van der Waals surface area contributed by atoms with Crippen LogP contribution >= 0.6 is 0 Å². The van der Waals surface area contributed by atoms with Crippen LogP contribution in [0.5, 0.6) is 0 Å². The second-order valence-corrected chi connectivity index (χ2v) is 4.27. The molecule has 0 saturated carbocycles. The summed E-state index contributed by atoms with van der Waals surface area (Å²) in [5.74, 6) is 0.574. The lowest BCUT2D eigenvalue weighted by Gasteiger charge is -2.08. The number of nitrogens with one attached hydrogen (secondary N) is 1. The number of ether oxygens (including phenoxy) is 1. The van der Waals surface area contributed by atoms with E-state index in [4.69, 9.17) is 4.74 Å². The van der Waals surface area contributed by atoms with Crippen molar-refractivity contribution in [2.45, 2.75) is 19.4 Å². The van der Waals surface area contributed by atoms with E-state index in [-0.39, 0.29) is 0 Å². The van der Waals surface area contributed by atoms with Gasteiger partial charge in [-0.1, -0.05) is 6.07 Å². The Labute approximate surface area is 106 Å². The Morgan fingerprint density at radius 2 is 2.33 bits per heavy atom. The van der Waals surface area contributed by atoms with Crippen LogP contribution in [0.3, 0.4) is 0 Å². The summed E-state index contributed by atoms with van der Waals surface area (Å²) in [4.78, 5) is 4.32. The molecule has 6 nitrogen and oxygen atoms in total. The molecule has 0 spiro atoms. The second-order valence-electron chi connectivity index (χ2n) is 4.27. The second kappa shape index (κ2) is 5.79. The number of aromatic nitrogens is 3. The van der Waals surface area contributed by atoms with E-state index in [2.05, 4.69) is 15.4 Å². The molecule has 0 bridgehead atoms. The van der Waals surface area contributed by atoms with E-state index in [9.17, 15) is 5.11 Å². The van der Waals surface area contributed by atoms with Crippen molar-refractivity contribution >= 4 is 11.6 Å². The minimum atomic E-state index is -0.457. The first-order valence-electron chi connectivity index (χ1n) is 5.93. The van der Waals surface area contributed by atoms with Gasteiger partial charge in [-0.25, -0.2) is 4.52 Å². The molecule has 2 heterocycles. The Hall–Kier alpha value is -1.66. The predicted octanol–water partition coefficient (Wildman–Crippen LogP) is 0.847. The molecule has 98 valence electrons. The number of aryl methyl sites for hydroxylation is 1. The van der Waals surface area contributed by atoms with Crippen LogP contribution in [0, 0.1) is 6.92 Å². The number of rotatable bonds is 6. The van der Waals surface area contributed by atoms with Crippen LogP contribution in [-0.2, 0) is 4.74 Å². The summed E-state index contributed by atoms with van der Waals surface area (Å²) in [7, 11) is 1.57. The first kappa shape index (κ1) is 12.8. The van der Waals surface area contributed by atoms with Gasteiger partial charge in [-0.05, 0) is 25.0 Å². The van der Waals surface area contributed by atoms with Crippen LogP contribution in [-0.4, -0.2) is 46.1 Å². The molecule has 0 aromatic carbocycles. The maximum Gasteiger partial charge on any atom is 0.243 e. The molecule has 0 aliphatic rings. The molecule has 0 fully saturated rings. The number of hydrogen-bond acceptors (Lipinski definition) is 5. The molecule has 0 amide bonds. The van der Waals surface area contributed by atoms with Gasteiger partial charge in [0.1, 0.15) is 0 Å². The van der Waals surface area contributed by atoms with Crippen LogP contribution in [0.4, 0.5) is 5.95 Å². The zero-order valence-corrected chi connectivity index (χ0v) is 10.6. The number of hydrogen-bond donors (Lipinski definition) is 2. The molecule has 1 atom stereocenters. The third-order valence-electron chi connectivity index (χ3n) is 2.60. The SMILES string of the molecule is COCC(O)CCNc1nc2ccc(C)cn2n1. The highest BCUT2D eigenvalue weighted by Gasteiger charge is 2.05. The fourth-order valence-corrected chi connectivity index (χ4v) is 1.69. The minimum Gasteiger partial charge on any atom is -0.391 e. The van der Waals surface area contributed by atoms with Crippen LogP contribution in [0.25, 0.3) is 5.65 Å². The number of methoxy groups -OCH3 is 1. The van der Waals surface area contributed by atoms with Crippen LogP contribution in [0.1, 0.15) is 12.0 Å². The third-order valence-corrected chi connectivity index (χ3v) is 2.60. The predicted molar refractivity (Wildman–Crippen MR) is 68.7 cm³/mol. The highest BCUT2D eigenvalue weighted by Crippen LogP contribution is 2.07. The van der Waals surface area contributed by atoms with Crippen LogP contribution in [0.2, 0.25) is 0 Å².